The molecule has 0 saturated heterocycles. The van der Waals surface area contributed by atoms with Gasteiger partial charge in [-0.3, -0.25) is 14.9 Å². The maximum atomic E-state index is 12.4. The van der Waals surface area contributed by atoms with Gasteiger partial charge in [-0.15, -0.1) is 11.3 Å². The van der Waals surface area contributed by atoms with Crippen molar-refractivity contribution in [2.24, 2.45) is 0 Å². The number of non-ortho nitro benzene ring substituents is 1. The number of nitrogens with zero attached hydrogens (tertiary/aromatic N) is 1. The van der Waals surface area contributed by atoms with Crippen LogP contribution in [0.1, 0.15) is 22.2 Å². The molecule has 0 fully saturated rings. The number of ether oxygens (including phenoxy) is 1. The zero-order valence-corrected chi connectivity index (χ0v) is 15.3. The highest BCUT2D eigenvalue weighted by Crippen LogP contribution is 2.23. The van der Waals surface area contributed by atoms with Crippen LogP contribution >= 0.6 is 11.3 Å². The number of nitro benzene ring substituents is 1. The predicted molar refractivity (Wildman–Crippen MR) is 99.7 cm³/mol. The van der Waals surface area contributed by atoms with E-state index in [1.165, 1.54) is 30.4 Å². The lowest BCUT2D eigenvalue weighted by Gasteiger charge is -2.15. The van der Waals surface area contributed by atoms with E-state index in [1.54, 1.807) is 0 Å². The number of nitrogens with one attached hydrogen (secondary N) is 2. The molecule has 0 saturated carbocycles. The second kappa shape index (κ2) is 9.64. The van der Waals surface area contributed by atoms with Crippen molar-refractivity contribution in [3.05, 3.63) is 56.3 Å². The normalized spacial score (nSPS) is 11.5. The van der Waals surface area contributed by atoms with E-state index in [4.69, 9.17) is 9.84 Å². The number of carbonyl (C=O) groups excluding carboxylic acids is 2. The number of aliphatic hydroxyl groups excluding tert-OH is 1. The van der Waals surface area contributed by atoms with Crippen molar-refractivity contribution in [3.63, 3.8) is 0 Å². The molecule has 1 aromatic carbocycles. The van der Waals surface area contributed by atoms with Crippen molar-refractivity contribution >= 4 is 34.6 Å². The largest absolute Gasteiger partial charge is 0.449 e. The van der Waals surface area contributed by atoms with Crippen molar-refractivity contribution in [2.45, 2.75) is 19.6 Å². The van der Waals surface area contributed by atoms with Crippen molar-refractivity contribution in [1.29, 1.82) is 0 Å². The maximum Gasteiger partial charge on any atom is 0.341 e. The minimum atomic E-state index is -1.08. The Hall–Kier alpha value is -2.98. The van der Waals surface area contributed by atoms with Crippen molar-refractivity contribution < 1.29 is 24.4 Å². The average Bonchev–Trinajstić information content (AvgIpc) is 3.17. The molecular weight excluding hydrogens is 374 g/mol. The second-order valence-electron chi connectivity index (χ2n) is 5.48. The number of carbonyl (C=O) groups is 2. The lowest BCUT2D eigenvalue weighted by atomic mass is 10.1. The van der Waals surface area contributed by atoms with Crippen LogP contribution in [-0.4, -0.2) is 41.2 Å². The van der Waals surface area contributed by atoms with Crippen LogP contribution in [0, 0.1) is 10.1 Å². The monoisotopic (exact) mass is 393 g/mol. The van der Waals surface area contributed by atoms with E-state index in [-0.39, 0.29) is 30.1 Å². The fourth-order valence-corrected chi connectivity index (χ4v) is 2.81. The van der Waals surface area contributed by atoms with Gasteiger partial charge < -0.3 is 20.5 Å². The van der Waals surface area contributed by atoms with Crippen LogP contribution in [0.5, 0.6) is 0 Å². The molecule has 0 spiro atoms. The Morgan fingerprint density at radius 1 is 1.37 bits per heavy atom. The number of benzene rings is 1. The van der Waals surface area contributed by atoms with Gasteiger partial charge in [-0.05, 0) is 24.4 Å². The number of nitro groups is 1. The van der Waals surface area contributed by atoms with Crippen LogP contribution < -0.4 is 10.6 Å². The lowest BCUT2D eigenvalue weighted by molar-refractivity contribution is -0.384. The molecular formula is C17H19N3O6S. The molecule has 1 amide bonds. The van der Waals surface area contributed by atoms with Crippen LogP contribution in [0.4, 0.5) is 11.4 Å². The fraction of sp³-hybridized carbons (Fsp3) is 0.294. The van der Waals surface area contributed by atoms with E-state index in [9.17, 15) is 19.7 Å². The summed E-state index contributed by atoms with van der Waals surface area (Å²) in [5.41, 5.74) is -0.104. The standard InChI is InChI=1S/C17H19N3O6S/c1-11(16(22)19-10-13-3-2-8-27-13)26-17(23)14-9-12(20(24)25)4-5-15(14)18-6-7-21/h2-5,8-9,11,18,21H,6-7,10H2,1H3,(H,19,22)/t11-/m0/s1. The first-order valence-electron chi connectivity index (χ1n) is 8.06. The molecule has 0 radical (unpaired) electrons. The van der Waals surface area contributed by atoms with Crippen molar-refractivity contribution in [1.82, 2.24) is 5.32 Å². The van der Waals surface area contributed by atoms with E-state index >= 15 is 0 Å². The Morgan fingerprint density at radius 2 is 2.15 bits per heavy atom. The Balaban J connectivity index is 2.06. The Morgan fingerprint density at radius 3 is 2.78 bits per heavy atom. The summed E-state index contributed by atoms with van der Waals surface area (Å²) >= 11 is 1.49. The van der Waals surface area contributed by atoms with E-state index in [0.29, 0.717) is 6.54 Å². The third-order valence-electron chi connectivity index (χ3n) is 3.53. The molecule has 1 atom stereocenters. The van der Waals surface area contributed by atoms with Gasteiger partial charge in [-0.2, -0.15) is 0 Å². The molecule has 0 aliphatic heterocycles. The quantitative estimate of drug-likeness (QED) is 0.337. The molecule has 2 aromatic rings. The molecule has 1 heterocycles. The summed E-state index contributed by atoms with van der Waals surface area (Å²) in [5, 5.41) is 27.2. The van der Waals surface area contributed by atoms with Crippen LogP contribution in [0.2, 0.25) is 0 Å². The summed E-state index contributed by atoms with van der Waals surface area (Å²) < 4.78 is 5.15. The van der Waals surface area contributed by atoms with Gasteiger partial charge >= 0.3 is 5.97 Å². The minimum Gasteiger partial charge on any atom is -0.449 e. The van der Waals surface area contributed by atoms with E-state index in [2.05, 4.69) is 10.6 Å². The van der Waals surface area contributed by atoms with Crippen LogP contribution in [-0.2, 0) is 16.1 Å². The molecule has 144 valence electrons. The second-order valence-corrected chi connectivity index (χ2v) is 6.51. The molecule has 0 aliphatic carbocycles. The predicted octanol–water partition coefficient (Wildman–Crippen LogP) is 1.92. The summed E-state index contributed by atoms with van der Waals surface area (Å²) in [5.74, 6) is -1.36. The molecule has 10 heteroatoms. The molecule has 1 aromatic heterocycles. The summed E-state index contributed by atoms with van der Waals surface area (Å²) in [6.45, 7) is 1.69. The van der Waals surface area contributed by atoms with Gasteiger partial charge in [0, 0.05) is 29.2 Å². The van der Waals surface area contributed by atoms with Crippen LogP contribution in [0.3, 0.4) is 0 Å². The third-order valence-corrected chi connectivity index (χ3v) is 4.41. The fourth-order valence-electron chi connectivity index (χ4n) is 2.17. The van der Waals surface area contributed by atoms with Gasteiger partial charge in [-0.25, -0.2) is 4.79 Å². The van der Waals surface area contributed by atoms with Crippen molar-refractivity contribution in [2.75, 3.05) is 18.5 Å². The van der Waals surface area contributed by atoms with E-state index in [1.807, 2.05) is 17.5 Å². The van der Waals surface area contributed by atoms with Gasteiger partial charge in [0.2, 0.25) is 0 Å². The van der Waals surface area contributed by atoms with Crippen LogP contribution in [0.25, 0.3) is 0 Å². The highest BCUT2D eigenvalue weighted by Gasteiger charge is 2.23. The van der Waals surface area contributed by atoms with Crippen molar-refractivity contribution in [3.8, 4) is 0 Å². The number of hydrogen-bond acceptors (Lipinski definition) is 8. The number of thiophene rings is 1. The Labute approximate surface area is 159 Å². The number of anilines is 1. The van der Waals surface area contributed by atoms with Crippen LogP contribution in [0.15, 0.2) is 35.7 Å². The molecule has 27 heavy (non-hydrogen) atoms. The van der Waals surface area contributed by atoms with Gasteiger partial charge in [0.1, 0.15) is 0 Å². The number of amides is 1. The Kier molecular flexibility index (Phi) is 7.26. The number of rotatable bonds is 9. The van der Waals surface area contributed by atoms with E-state index < -0.39 is 22.9 Å². The zero-order chi connectivity index (χ0) is 19.8. The van der Waals surface area contributed by atoms with Gasteiger partial charge in [0.15, 0.2) is 6.10 Å². The molecule has 0 bridgehead atoms. The zero-order valence-electron chi connectivity index (χ0n) is 14.5. The first-order chi connectivity index (χ1) is 12.9. The van der Waals surface area contributed by atoms with Gasteiger partial charge in [-0.1, -0.05) is 6.07 Å². The summed E-state index contributed by atoms with van der Waals surface area (Å²) in [4.78, 5) is 35.8. The molecule has 3 N–H and O–H groups in total. The SMILES string of the molecule is C[C@H](OC(=O)c1cc([N+](=O)[O-])ccc1NCCO)C(=O)NCc1cccs1. The first-order valence-corrected chi connectivity index (χ1v) is 8.94. The highest BCUT2D eigenvalue weighted by molar-refractivity contribution is 7.09. The Bertz CT molecular complexity index is 809. The highest BCUT2D eigenvalue weighted by atomic mass is 32.1. The number of hydrogen-bond donors (Lipinski definition) is 3. The molecule has 9 nitrogen and oxygen atoms in total. The number of esters is 1. The van der Waals surface area contributed by atoms with Gasteiger partial charge in [0.25, 0.3) is 11.6 Å². The first kappa shape index (κ1) is 20.3. The minimum absolute atomic E-state index is 0.0874. The smallest absolute Gasteiger partial charge is 0.341 e. The third kappa shape index (κ3) is 5.76. The number of aliphatic hydroxyl groups is 1. The maximum absolute atomic E-state index is 12.4. The van der Waals surface area contributed by atoms with Gasteiger partial charge in [0.05, 0.1) is 23.6 Å². The lowest BCUT2D eigenvalue weighted by Crippen LogP contribution is -2.35. The average molecular weight is 393 g/mol. The molecule has 0 unspecified atom stereocenters. The van der Waals surface area contributed by atoms with E-state index in [0.717, 1.165) is 10.9 Å². The summed E-state index contributed by atoms with van der Waals surface area (Å²) in [7, 11) is 0. The summed E-state index contributed by atoms with van der Waals surface area (Å²) in [6.07, 6.45) is -1.08. The molecule has 2 rings (SSSR count). The molecule has 0 aliphatic rings. The summed E-state index contributed by atoms with van der Waals surface area (Å²) in [6, 6.07) is 7.38. The topological polar surface area (TPSA) is 131 Å².